The summed E-state index contributed by atoms with van der Waals surface area (Å²) in [4.78, 5) is 12.2. The highest BCUT2D eigenvalue weighted by Crippen LogP contribution is 2.44. The molecular formula is C29H35O16+. The van der Waals surface area contributed by atoms with Crippen molar-refractivity contribution in [1.82, 2.24) is 0 Å². The van der Waals surface area contributed by atoms with Crippen molar-refractivity contribution in [2.45, 2.75) is 61.4 Å². The molecule has 9 N–H and O–H groups in total. The third kappa shape index (κ3) is 6.30. The Kier molecular flexibility index (Phi) is 9.80. The molecule has 0 unspecified atom stereocenters. The van der Waals surface area contributed by atoms with E-state index in [-0.39, 0.29) is 45.7 Å². The molecule has 1 aromatic carbocycles. The van der Waals surface area contributed by atoms with Gasteiger partial charge in [-0.25, -0.2) is 0 Å². The smallest absolute Gasteiger partial charge is 0.229 e. The van der Waals surface area contributed by atoms with Gasteiger partial charge in [-0.1, -0.05) is 0 Å². The predicted octanol–water partition coefficient (Wildman–Crippen LogP) is -2.92. The largest absolute Gasteiger partial charge is 0.496 e. The Balaban J connectivity index is 1.60. The van der Waals surface area contributed by atoms with Gasteiger partial charge in [-0.05, 0) is 24.3 Å². The molecule has 2 fully saturated rings. The Labute approximate surface area is 255 Å². The molecule has 0 spiro atoms. The van der Waals surface area contributed by atoms with E-state index >= 15 is 0 Å². The number of carbonyl (C=O) groups is 1. The molecule has 0 saturated carbocycles. The van der Waals surface area contributed by atoms with Crippen LogP contribution in [-0.2, 0) is 23.7 Å². The van der Waals surface area contributed by atoms with Gasteiger partial charge in [-0.2, -0.15) is 0 Å². The number of fused-ring (bicyclic) bond motifs is 1. The first kappa shape index (κ1) is 32.8. The van der Waals surface area contributed by atoms with Crippen molar-refractivity contribution in [3.63, 3.8) is 0 Å². The second kappa shape index (κ2) is 13.4. The van der Waals surface area contributed by atoms with Crippen LogP contribution in [0.15, 0.2) is 53.2 Å². The fourth-order valence-electron chi connectivity index (χ4n) is 5.07. The summed E-state index contributed by atoms with van der Waals surface area (Å²) in [6, 6.07) is 2.90. The van der Waals surface area contributed by atoms with Crippen LogP contribution < -0.4 is 14.2 Å². The molecule has 1 aromatic rings. The third-order valence-corrected chi connectivity index (χ3v) is 7.65. The molecule has 5 rings (SSSR count). The van der Waals surface area contributed by atoms with Gasteiger partial charge in [0.2, 0.25) is 18.4 Å². The number of allylic oxidation sites excluding steroid dienone is 4. The summed E-state index contributed by atoms with van der Waals surface area (Å²) in [7, 11) is 2.68. The SMILES string of the molecule is COC1=CC(=C2Oc3cc(OC)cc(O[C@@H]4O[C@H](C[OH2+])[C@@H](O)[C@H](O)[C@H]4O)c3C=C2O[C@@H]2O[C@H](CO)[C@@H](O)[C@H](O)[C@H]2O)C=CC1=O. The second-order valence-corrected chi connectivity index (χ2v) is 10.5. The minimum absolute atomic E-state index is 0.0151. The normalized spacial score (nSPS) is 36.4. The van der Waals surface area contributed by atoms with Crippen LogP contribution >= 0.6 is 0 Å². The zero-order valence-corrected chi connectivity index (χ0v) is 24.0. The summed E-state index contributed by atoms with van der Waals surface area (Å²) in [6.45, 7) is -1.14. The highest BCUT2D eigenvalue weighted by Gasteiger charge is 2.47. The highest BCUT2D eigenvalue weighted by atomic mass is 16.7. The van der Waals surface area contributed by atoms with Crippen molar-refractivity contribution < 1.29 is 78.8 Å². The highest BCUT2D eigenvalue weighted by molar-refractivity contribution is 6.04. The van der Waals surface area contributed by atoms with Crippen molar-refractivity contribution >= 4 is 11.9 Å². The standard InChI is InChI=1S/C29H34O16/c1-39-12-6-15-13(16(7-12)42-28-25(37)23(35)21(33)19(9-30)44-28)8-18(27(41-15)11-3-4-14(32)17(5-11)40-2)43-29-26(38)24(36)22(34)20(10-31)45-29/h3-8,19-26,28-31,33-38H,9-10H2,1-2H3/p+1/t19-,20-,21-,22-,23+,24+,25-,26-,28-,29-/m1/s1. The van der Waals surface area contributed by atoms with E-state index in [1.54, 1.807) is 0 Å². The molecular weight excluding hydrogens is 604 g/mol. The number of methoxy groups -OCH3 is 2. The van der Waals surface area contributed by atoms with Crippen LogP contribution in [0, 0.1) is 0 Å². The van der Waals surface area contributed by atoms with E-state index in [2.05, 4.69) is 0 Å². The van der Waals surface area contributed by atoms with Crippen LogP contribution in [0.3, 0.4) is 0 Å². The first-order valence-corrected chi connectivity index (χ1v) is 13.8. The molecule has 10 atom stereocenters. The minimum Gasteiger partial charge on any atom is -0.496 e. The number of benzene rings is 1. The summed E-state index contributed by atoms with van der Waals surface area (Å²) in [6.07, 6.45) is -10.3. The molecule has 4 aliphatic rings. The maximum absolute atomic E-state index is 12.2. The van der Waals surface area contributed by atoms with Gasteiger partial charge < -0.3 is 74.0 Å². The van der Waals surface area contributed by atoms with E-state index < -0.39 is 80.4 Å². The zero-order valence-electron chi connectivity index (χ0n) is 24.0. The van der Waals surface area contributed by atoms with Gasteiger partial charge in [-0.15, -0.1) is 0 Å². The monoisotopic (exact) mass is 639 g/mol. The van der Waals surface area contributed by atoms with Crippen LogP contribution in [0.1, 0.15) is 5.56 Å². The molecule has 2 saturated heterocycles. The number of hydrogen-bond donors (Lipinski definition) is 7. The Morgan fingerprint density at radius 3 is 2.04 bits per heavy atom. The van der Waals surface area contributed by atoms with Crippen LogP contribution in [0.4, 0.5) is 0 Å². The average Bonchev–Trinajstić information content (AvgIpc) is 3.05. The maximum Gasteiger partial charge on any atom is 0.229 e. The summed E-state index contributed by atoms with van der Waals surface area (Å²) in [5, 5.41) is 79.5. The molecule has 0 amide bonds. The fourth-order valence-corrected chi connectivity index (χ4v) is 5.07. The van der Waals surface area contributed by atoms with Crippen molar-refractivity contribution in [3.8, 4) is 17.2 Å². The van der Waals surface area contributed by atoms with E-state index in [1.165, 1.54) is 50.7 Å². The number of aliphatic hydroxyl groups excluding tert-OH is 7. The van der Waals surface area contributed by atoms with Gasteiger partial charge in [0.05, 0.1) is 26.4 Å². The van der Waals surface area contributed by atoms with E-state index in [1.807, 2.05) is 0 Å². The molecule has 0 aromatic heterocycles. The van der Waals surface area contributed by atoms with Crippen molar-refractivity contribution in [3.05, 3.63) is 58.8 Å². The number of rotatable bonds is 8. The van der Waals surface area contributed by atoms with Gasteiger partial charge in [0.25, 0.3) is 0 Å². The van der Waals surface area contributed by atoms with Crippen molar-refractivity contribution in [2.75, 3.05) is 27.4 Å². The van der Waals surface area contributed by atoms with Crippen LogP contribution in [0.2, 0.25) is 0 Å². The first-order valence-electron chi connectivity index (χ1n) is 13.8. The molecule has 0 radical (unpaired) electrons. The van der Waals surface area contributed by atoms with E-state index in [4.69, 9.17) is 38.3 Å². The summed E-state index contributed by atoms with van der Waals surface area (Å²) in [5.74, 6) is -0.267. The molecule has 45 heavy (non-hydrogen) atoms. The fraction of sp³-hybridized carbons (Fsp3) is 0.483. The number of ether oxygens (including phenoxy) is 7. The zero-order chi connectivity index (χ0) is 32.6. The lowest BCUT2D eigenvalue weighted by Gasteiger charge is -2.40. The third-order valence-electron chi connectivity index (χ3n) is 7.65. The van der Waals surface area contributed by atoms with Crippen molar-refractivity contribution in [1.29, 1.82) is 0 Å². The maximum atomic E-state index is 12.2. The molecule has 3 heterocycles. The molecule has 0 bridgehead atoms. The first-order chi connectivity index (χ1) is 21.5. The Morgan fingerprint density at radius 1 is 0.778 bits per heavy atom. The van der Waals surface area contributed by atoms with Crippen LogP contribution in [-0.4, -0.2) is 135 Å². The topological polar surface area (TPSA) is 246 Å². The number of aliphatic hydroxyl groups is 7. The number of ketones is 1. The van der Waals surface area contributed by atoms with Gasteiger partial charge in [0.1, 0.15) is 60.0 Å². The lowest BCUT2D eigenvalue weighted by Crippen LogP contribution is -2.60. The van der Waals surface area contributed by atoms with E-state index in [0.29, 0.717) is 0 Å². The Hall–Kier alpha value is -3.55. The van der Waals surface area contributed by atoms with Gasteiger partial charge in [0.15, 0.2) is 30.0 Å². The van der Waals surface area contributed by atoms with Crippen LogP contribution in [0.25, 0.3) is 6.08 Å². The predicted molar refractivity (Wildman–Crippen MR) is 149 cm³/mol. The van der Waals surface area contributed by atoms with E-state index in [0.717, 1.165) is 0 Å². The summed E-state index contributed by atoms with van der Waals surface area (Å²) in [5.41, 5.74) is 0.449. The van der Waals surface area contributed by atoms with Gasteiger partial charge >= 0.3 is 0 Å². The summed E-state index contributed by atoms with van der Waals surface area (Å²) >= 11 is 0. The average molecular weight is 640 g/mol. The van der Waals surface area contributed by atoms with Gasteiger partial charge in [0, 0.05) is 17.7 Å². The van der Waals surface area contributed by atoms with Crippen molar-refractivity contribution in [2.24, 2.45) is 0 Å². The quantitative estimate of drug-likeness (QED) is 0.141. The molecule has 3 aliphatic heterocycles. The Morgan fingerprint density at radius 2 is 1.42 bits per heavy atom. The van der Waals surface area contributed by atoms with E-state index in [9.17, 15) is 40.5 Å². The van der Waals surface area contributed by atoms with Crippen LogP contribution in [0.5, 0.6) is 17.2 Å². The number of hydrogen-bond acceptors (Lipinski definition) is 15. The molecule has 16 nitrogen and oxygen atoms in total. The summed E-state index contributed by atoms with van der Waals surface area (Å²) < 4.78 is 39.7. The minimum atomic E-state index is -1.78. The number of carbonyl (C=O) groups excluding carboxylic acids is 1. The lowest BCUT2D eigenvalue weighted by atomic mass is 9.98. The van der Waals surface area contributed by atoms with Gasteiger partial charge in [-0.3, -0.25) is 4.79 Å². The molecule has 246 valence electrons. The second-order valence-electron chi connectivity index (χ2n) is 10.5. The molecule has 1 aliphatic carbocycles. The molecule has 16 heteroatoms. The lowest BCUT2D eigenvalue weighted by molar-refractivity contribution is -0.291. The Bertz CT molecular complexity index is 1400.